The van der Waals surface area contributed by atoms with Crippen molar-refractivity contribution in [3.63, 3.8) is 0 Å². The summed E-state index contributed by atoms with van der Waals surface area (Å²) in [6.45, 7) is 3.61. The fourth-order valence-electron chi connectivity index (χ4n) is 2.60. The number of alkyl halides is 1. The van der Waals surface area contributed by atoms with Gasteiger partial charge in [0.1, 0.15) is 17.3 Å². The number of carbonyl (C=O) groups excluding carboxylic acids is 1. The molecule has 8 heteroatoms. The van der Waals surface area contributed by atoms with Crippen LogP contribution in [0.5, 0.6) is 5.75 Å². The molecule has 2 rings (SSSR count). The summed E-state index contributed by atoms with van der Waals surface area (Å²) >= 11 is 12.4. The van der Waals surface area contributed by atoms with Crippen LogP contribution < -0.4 is 4.74 Å². The molecular formula is C20H20Cl2F2N2O2. The van der Waals surface area contributed by atoms with Crippen LogP contribution in [0.3, 0.4) is 0 Å². The summed E-state index contributed by atoms with van der Waals surface area (Å²) in [6, 6.07) is 8.92. The van der Waals surface area contributed by atoms with Crippen LogP contribution in [0, 0.1) is 17.6 Å². The van der Waals surface area contributed by atoms with Gasteiger partial charge >= 0.3 is 5.97 Å². The van der Waals surface area contributed by atoms with Crippen molar-refractivity contribution in [2.75, 3.05) is 0 Å². The minimum absolute atomic E-state index is 0.0816. The Balaban J connectivity index is 2.15. The molecule has 150 valence electrons. The number of esters is 1. The summed E-state index contributed by atoms with van der Waals surface area (Å²) in [5.74, 6) is -2.31. The van der Waals surface area contributed by atoms with Crippen molar-refractivity contribution in [3.8, 4) is 5.75 Å². The lowest BCUT2D eigenvalue weighted by Gasteiger charge is -2.23. The first-order valence-electron chi connectivity index (χ1n) is 8.83. The van der Waals surface area contributed by atoms with Crippen LogP contribution in [0.2, 0.25) is 5.02 Å². The Bertz CT molecular complexity index is 828. The second-order valence-corrected chi connectivity index (χ2v) is 7.01. The molecule has 0 aliphatic rings. The number of ether oxygens (including phenoxy) is 1. The molecule has 0 fully saturated rings. The van der Waals surface area contributed by atoms with Crippen molar-refractivity contribution in [1.29, 1.82) is 0 Å². The van der Waals surface area contributed by atoms with Gasteiger partial charge in [-0.15, -0.1) is 11.6 Å². The van der Waals surface area contributed by atoms with Gasteiger partial charge in [-0.1, -0.05) is 37.6 Å². The Hall–Kier alpha value is -2.05. The molecule has 0 bridgehead atoms. The molecule has 3 unspecified atom stereocenters. The van der Waals surface area contributed by atoms with Crippen LogP contribution in [0.25, 0.3) is 0 Å². The Morgan fingerprint density at radius 2 is 1.86 bits per heavy atom. The molecule has 0 spiro atoms. The summed E-state index contributed by atoms with van der Waals surface area (Å²) in [5.41, 5.74) is -0.0816. The number of benzene rings is 2. The average molecular weight is 429 g/mol. The normalized spacial score (nSPS) is 14.6. The second kappa shape index (κ2) is 10.5. The van der Waals surface area contributed by atoms with E-state index in [1.54, 1.807) is 6.92 Å². The van der Waals surface area contributed by atoms with Gasteiger partial charge in [0.25, 0.3) is 0 Å². The number of rotatable bonds is 8. The third-order valence-corrected chi connectivity index (χ3v) is 5.07. The summed E-state index contributed by atoms with van der Waals surface area (Å²) in [6.07, 6.45) is 0.849. The van der Waals surface area contributed by atoms with Crippen LogP contribution in [0.1, 0.15) is 26.7 Å². The zero-order valence-corrected chi connectivity index (χ0v) is 16.9. The molecule has 2 aromatic carbocycles. The highest BCUT2D eigenvalue weighted by atomic mass is 35.5. The molecular weight excluding hydrogens is 409 g/mol. The van der Waals surface area contributed by atoms with E-state index in [-0.39, 0.29) is 16.5 Å². The standard InChI is InChI=1S/C20H20Cl2F2N2O2/c1-3-14(20(27)28-13-8-5-7-12(23)11-13)18(22)17(4-2)25-26-19-15(21)9-6-10-16(19)24/h5-11,14,17-18H,3-4H2,1-2H3. The van der Waals surface area contributed by atoms with Gasteiger partial charge in [0.15, 0.2) is 5.82 Å². The van der Waals surface area contributed by atoms with Crippen molar-refractivity contribution in [2.24, 2.45) is 16.1 Å². The van der Waals surface area contributed by atoms with E-state index >= 15 is 0 Å². The SMILES string of the molecule is CCC(N=Nc1c(F)cccc1Cl)C(Cl)C(CC)C(=O)Oc1cccc(F)c1. The maximum absolute atomic E-state index is 13.9. The third kappa shape index (κ3) is 5.72. The number of carbonyl (C=O) groups is 1. The van der Waals surface area contributed by atoms with Crippen LogP contribution in [-0.4, -0.2) is 17.4 Å². The molecule has 0 aliphatic heterocycles. The van der Waals surface area contributed by atoms with Gasteiger partial charge in [-0.3, -0.25) is 4.79 Å². The largest absolute Gasteiger partial charge is 0.426 e. The van der Waals surface area contributed by atoms with Gasteiger partial charge in [-0.2, -0.15) is 10.2 Å². The van der Waals surface area contributed by atoms with Gasteiger partial charge in [-0.05, 0) is 37.1 Å². The lowest BCUT2D eigenvalue weighted by Crippen LogP contribution is -2.34. The van der Waals surface area contributed by atoms with Gasteiger partial charge in [0, 0.05) is 6.07 Å². The van der Waals surface area contributed by atoms with E-state index in [1.807, 2.05) is 6.92 Å². The van der Waals surface area contributed by atoms with E-state index in [4.69, 9.17) is 27.9 Å². The Morgan fingerprint density at radius 1 is 1.14 bits per heavy atom. The number of azo groups is 1. The summed E-state index contributed by atoms with van der Waals surface area (Å²) in [7, 11) is 0. The van der Waals surface area contributed by atoms with E-state index in [0.29, 0.717) is 12.8 Å². The summed E-state index contributed by atoms with van der Waals surface area (Å²) in [4.78, 5) is 12.5. The molecule has 0 radical (unpaired) electrons. The highest BCUT2D eigenvalue weighted by Crippen LogP contribution is 2.30. The van der Waals surface area contributed by atoms with Crippen molar-refractivity contribution >= 4 is 34.9 Å². The monoisotopic (exact) mass is 428 g/mol. The molecule has 0 aromatic heterocycles. The van der Waals surface area contributed by atoms with E-state index in [9.17, 15) is 13.6 Å². The minimum Gasteiger partial charge on any atom is -0.426 e. The molecule has 0 aliphatic carbocycles. The summed E-state index contributed by atoms with van der Waals surface area (Å²) < 4.78 is 32.4. The predicted molar refractivity (Wildman–Crippen MR) is 105 cm³/mol. The topological polar surface area (TPSA) is 51.0 Å². The third-order valence-electron chi connectivity index (χ3n) is 4.17. The molecule has 0 N–H and O–H groups in total. The molecule has 2 aromatic rings. The van der Waals surface area contributed by atoms with Gasteiger partial charge in [0.2, 0.25) is 0 Å². The molecule has 0 saturated carbocycles. The maximum Gasteiger partial charge on any atom is 0.315 e. The van der Waals surface area contributed by atoms with E-state index in [1.165, 1.54) is 36.4 Å². The second-order valence-electron chi connectivity index (χ2n) is 6.10. The quantitative estimate of drug-likeness (QED) is 0.202. The van der Waals surface area contributed by atoms with Crippen LogP contribution in [0.15, 0.2) is 52.7 Å². The van der Waals surface area contributed by atoms with Gasteiger partial charge in [0.05, 0.1) is 22.4 Å². The Kier molecular flexibility index (Phi) is 8.33. The zero-order chi connectivity index (χ0) is 20.7. The first kappa shape index (κ1) is 22.2. The fourth-order valence-corrected chi connectivity index (χ4v) is 3.31. The van der Waals surface area contributed by atoms with Crippen molar-refractivity contribution in [2.45, 2.75) is 38.1 Å². The first-order chi connectivity index (χ1) is 13.4. The summed E-state index contributed by atoms with van der Waals surface area (Å²) in [5, 5.41) is 7.39. The minimum atomic E-state index is -0.745. The average Bonchev–Trinajstić information content (AvgIpc) is 2.65. The molecule has 0 saturated heterocycles. The molecule has 4 nitrogen and oxygen atoms in total. The number of hydrogen-bond donors (Lipinski definition) is 0. The Labute approximate surface area is 172 Å². The predicted octanol–water partition coefficient (Wildman–Crippen LogP) is 6.72. The van der Waals surface area contributed by atoms with Gasteiger partial charge in [-0.25, -0.2) is 8.78 Å². The molecule has 28 heavy (non-hydrogen) atoms. The van der Waals surface area contributed by atoms with Crippen LogP contribution >= 0.6 is 23.2 Å². The van der Waals surface area contributed by atoms with Crippen molar-refractivity contribution in [1.82, 2.24) is 0 Å². The number of hydrogen-bond acceptors (Lipinski definition) is 4. The van der Waals surface area contributed by atoms with Crippen LogP contribution in [-0.2, 0) is 4.79 Å². The lowest BCUT2D eigenvalue weighted by atomic mass is 9.95. The number of nitrogens with zero attached hydrogens (tertiary/aromatic N) is 2. The maximum atomic E-state index is 13.9. The smallest absolute Gasteiger partial charge is 0.315 e. The first-order valence-corrected chi connectivity index (χ1v) is 9.65. The molecule has 0 amide bonds. The van der Waals surface area contributed by atoms with E-state index in [0.717, 1.165) is 6.07 Å². The number of halogens is 4. The molecule has 3 atom stereocenters. The van der Waals surface area contributed by atoms with E-state index < -0.39 is 34.9 Å². The lowest BCUT2D eigenvalue weighted by molar-refractivity contribution is -0.139. The zero-order valence-electron chi connectivity index (χ0n) is 15.4. The van der Waals surface area contributed by atoms with Gasteiger partial charge < -0.3 is 4.74 Å². The highest BCUT2D eigenvalue weighted by molar-refractivity contribution is 6.32. The molecule has 0 heterocycles. The highest BCUT2D eigenvalue weighted by Gasteiger charge is 2.33. The van der Waals surface area contributed by atoms with Crippen molar-refractivity contribution in [3.05, 3.63) is 59.1 Å². The van der Waals surface area contributed by atoms with Crippen LogP contribution in [0.4, 0.5) is 14.5 Å². The van der Waals surface area contributed by atoms with E-state index in [2.05, 4.69) is 10.2 Å². The fraction of sp³-hybridized carbons (Fsp3) is 0.350. The van der Waals surface area contributed by atoms with Crippen molar-refractivity contribution < 1.29 is 18.3 Å². The Morgan fingerprint density at radius 3 is 2.46 bits per heavy atom.